The fourth-order valence-electron chi connectivity index (χ4n) is 0.362. The lowest BCUT2D eigenvalue weighted by molar-refractivity contribution is -0.140. The number of esters is 1. The van der Waals surface area contributed by atoms with Crippen molar-refractivity contribution in [3.8, 4) is 0 Å². The Morgan fingerprint density at radius 3 is 2.50 bits per heavy atom. The minimum Gasteiger partial charge on any atom is -0.468 e. The first kappa shape index (κ1) is 9.79. The van der Waals surface area contributed by atoms with Crippen LogP contribution in [0.5, 0.6) is 0 Å². The molecular formula is C6H8Cl2O2. The smallest absolute Gasteiger partial charge is 0.325 e. The van der Waals surface area contributed by atoms with E-state index in [4.69, 9.17) is 23.2 Å². The number of methoxy groups -OCH3 is 1. The molecule has 2 unspecified atom stereocenters. The zero-order chi connectivity index (χ0) is 8.15. The minimum absolute atomic E-state index is 0.540. The maximum absolute atomic E-state index is 10.6. The van der Waals surface area contributed by atoms with Gasteiger partial charge in [-0.1, -0.05) is 6.08 Å². The van der Waals surface area contributed by atoms with Crippen LogP contribution in [-0.2, 0) is 9.53 Å². The van der Waals surface area contributed by atoms with E-state index in [0.717, 1.165) is 0 Å². The summed E-state index contributed by atoms with van der Waals surface area (Å²) in [4.78, 5) is 10.6. The summed E-state index contributed by atoms with van der Waals surface area (Å²) >= 11 is 11.0. The molecule has 0 aromatic rings. The second-order valence-electron chi connectivity index (χ2n) is 1.61. The second kappa shape index (κ2) is 4.58. The number of rotatable bonds is 3. The molecule has 0 heterocycles. The van der Waals surface area contributed by atoms with Crippen LogP contribution in [0.4, 0.5) is 0 Å². The van der Waals surface area contributed by atoms with Gasteiger partial charge in [-0.25, -0.2) is 0 Å². The van der Waals surface area contributed by atoms with E-state index in [0.29, 0.717) is 0 Å². The van der Waals surface area contributed by atoms with Gasteiger partial charge in [-0.15, -0.1) is 29.8 Å². The summed E-state index contributed by atoms with van der Waals surface area (Å²) in [5.74, 6) is -0.540. The number of hydrogen-bond acceptors (Lipinski definition) is 2. The highest BCUT2D eigenvalue weighted by molar-refractivity contribution is 6.37. The Bertz CT molecular complexity index is 136. The van der Waals surface area contributed by atoms with Crippen molar-refractivity contribution < 1.29 is 9.53 Å². The van der Waals surface area contributed by atoms with Gasteiger partial charge < -0.3 is 4.74 Å². The van der Waals surface area contributed by atoms with Crippen LogP contribution in [0, 0.1) is 0 Å². The number of alkyl halides is 2. The van der Waals surface area contributed by atoms with Crippen molar-refractivity contribution in [3.63, 3.8) is 0 Å². The maximum atomic E-state index is 10.6. The standard InChI is InChI=1S/C6H8Cl2O2/c1-3-4(7)5(8)6(9)10-2/h3-5H,1H2,2H3. The number of halogens is 2. The molecule has 0 aliphatic carbocycles. The Kier molecular flexibility index (Phi) is 4.49. The minimum atomic E-state index is -0.843. The highest BCUT2D eigenvalue weighted by Gasteiger charge is 2.22. The lowest BCUT2D eigenvalue weighted by Gasteiger charge is -2.08. The highest BCUT2D eigenvalue weighted by Crippen LogP contribution is 2.11. The largest absolute Gasteiger partial charge is 0.468 e. The molecule has 0 N–H and O–H groups in total. The van der Waals surface area contributed by atoms with E-state index in [-0.39, 0.29) is 0 Å². The van der Waals surface area contributed by atoms with Crippen LogP contribution in [0.1, 0.15) is 0 Å². The van der Waals surface area contributed by atoms with Crippen molar-refractivity contribution in [2.45, 2.75) is 10.8 Å². The molecule has 0 saturated carbocycles. The molecule has 0 fully saturated rings. The third kappa shape index (κ3) is 2.58. The molecule has 0 spiro atoms. The Balaban J connectivity index is 3.93. The molecule has 2 atom stereocenters. The van der Waals surface area contributed by atoms with Crippen molar-refractivity contribution >= 4 is 29.2 Å². The summed E-state index contributed by atoms with van der Waals surface area (Å²) in [6.07, 6.45) is 1.39. The summed E-state index contributed by atoms with van der Waals surface area (Å²) in [5.41, 5.74) is 0. The zero-order valence-electron chi connectivity index (χ0n) is 5.51. The van der Waals surface area contributed by atoms with Gasteiger partial charge in [-0.2, -0.15) is 0 Å². The quantitative estimate of drug-likeness (QED) is 0.377. The summed E-state index contributed by atoms with van der Waals surface area (Å²) < 4.78 is 4.33. The zero-order valence-corrected chi connectivity index (χ0v) is 7.02. The average Bonchev–Trinajstić information content (AvgIpc) is 2.00. The van der Waals surface area contributed by atoms with Crippen molar-refractivity contribution in [3.05, 3.63) is 12.7 Å². The van der Waals surface area contributed by atoms with E-state index < -0.39 is 16.7 Å². The lowest BCUT2D eigenvalue weighted by atomic mass is 10.3. The second-order valence-corrected chi connectivity index (χ2v) is 2.58. The number of carbonyl (C=O) groups is 1. The molecule has 10 heavy (non-hydrogen) atoms. The Hall–Kier alpha value is -0.210. The van der Waals surface area contributed by atoms with Crippen LogP contribution in [0.2, 0.25) is 0 Å². The Morgan fingerprint density at radius 2 is 2.20 bits per heavy atom. The highest BCUT2D eigenvalue weighted by atomic mass is 35.5. The van der Waals surface area contributed by atoms with E-state index in [1.54, 1.807) is 0 Å². The Labute approximate surface area is 69.8 Å². The van der Waals surface area contributed by atoms with E-state index in [1.807, 2.05) is 0 Å². The predicted octanol–water partition coefficient (Wildman–Crippen LogP) is 1.56. The summed E-state index contributed by atoms with van der Waals surface area (Å²) in [6, 6.07) is 0. The van der Waals surface area contributed by atoms with Gasteiger partial charge in [-0.05, 0) is 0 Å². The number of hydrogen-bond donors (Lipinski definition) is 0. The molecule has 0 rings (SSSR count). The van der Waals surface area contributed by atoms with Gasteiger partial charge in [0, 0.05) is 0 Å². The molecule has 2 nitrogen and oxygen atoms in total. The van der Waals surface area contributed by atoms with Gasteiger partial charge in [0.2, 0.25) is 0 Å². The van der Waals surface area contributed by atoms with E-state index in [9.17, 15) is 4.79 Å². The first-order valence-corrected chi connectivity index (χ1v) is 3.49. The van der Waals surface area contributed by atoms with Gasteiger partial charge >= 0.3 is 5.97 Å². The molecule has 0 aliphatic rings. The van der Waals surface area contributed by atoms with E-state index in [1.165, 1.54) is 13.2 Å². The molecule has 58 valence electrons. The molecule has 0 aromatic heterocycles. The van der Waals surface area contributed by atoms with Crippen LogP contribution < -0.4 is 0 Å². The lowest BCUT2D eigenvalue weighted by Crippen LogP contribution is -2.24. The van der Waals surface area contributed by atoms with Crippen LogP contribution in [-0.4, -0.2) is 23.8 Å². The molecule has 0 aliphatic heterocycles. The van der Waals surface area contributed by atoms with Crippen LogP contribution in [0.3, 0.4) is 0 Å². The number of allylic oxidation sites excluding steroid dienone is 1. The van der Waals surface area contributed by atoms with Gasteiger partial charge in [0.15, 0.2) is 5.38 Å². The normalized spacial score (nSPS) is 15.5. The molecule has 0 amide bonds. The molecule has 4 heteroatoms. The fourth-order valence-corrected chi connectivity index (χ4v) is 0.657. The van der Waals surface area contributed by atoms with E-state index in [2.05, 4.69) is 11.3 Å². The first-order valence-electron chi connectivity index (χ1n) is 2.62. The van der Waals surface area contributed by atoms with Crippen LogP contribution >= 0.6 is 23.2 Å². The maximum Gasteiger partial charge on any atom is 0.325 e. The van der Waals surface area contributed by atoms with E-state index >= 15 is 0 Å². The fraction of sp³-hybridized carbons (Fsp3) is 0.500. The monoisotopic (exact) mass is 182 g/mol. The molecule has 0 saturated heterocycles. The van der Waals surface area contributed by atoms with Crippen molar-refractivity contribution in [1.82, 2.24) is 0 Å². The van der Waals surface area contributed by atoms with Crippen LogP contribution in [0.25, 0.3) is 0 Å². The Morgan fingerprint density at radius 1 is 1.70 bits per heavy atom. The van der Waals surface area contributed by atoms with Gasteiger partial charge in [0.05, 0.1) is 12.5 Å². The predicted molar refractivity (Wildman–Crippen MR) is 41.5 cm³/mol. The first-order chi connectivity index (χ1) is 4.63. The topological polar surface area (TPSA) is 26.3 Å². The molecule has 0 aromatic carbocycles. The number of carbonyl (C=O) groups excluding carboxylic acids is 1. The molecular weight excluding hydrogens is 175 g/mol. The number of ether oxygens (including phenoxy) is 1. The van der Waals surface area contributed by atoms with Gasteiger partial charge in [0.25, 0.3) is 0 Å². The third-order valence-electron chi connectivity index (χ3n) is 0.931. The summed E-state index contributed by atoms with van der Waals surface area (Å²) in [6.45, 7) is 3.37. The molecule has 0 bridgehead atoms. The SMILES string of the molecule is C=CC(Cl)C(Cl)C(=O)OC. The molecule has 0 radical (unpaired) electrons. The van der Waals surface area contributed by atoms with Crippen LogP contribution in [0.15, 0.2) is 12.7 Å². The van der Waals surface area contributed by atoms with Crippen molar-refractivity contribution in [1.29, 1.82) is 0 Å². The van der Waals surface area contributed by atoms with Gasteiger partial charge in [-0.3, -0.25) is 4.79 Å². The van der Waals surface area contributed by atoms with Crippen molar-refractivity contribution in [2.24, 2.45) is 0 Å². The summed E-state index contributed by atoms with van der Waals surface area (Å²) in [5, 5.41) is -1.42. The average molecular weight is 183 g/mol. The summed E-state index contributed by atoms with van der Waals surface area (Å²) in [7, 11) is 1.25. The van der Waals surface area contributed by atoms with Gasteiger partial charge in [0.1, 0.15) is 0 Å². The van der Waals surface area contributed by atoms with Crippen molar-refractivity contribution in [2.75, 3.05) is 7.11 Å². The third-order valence-corrected chi connectivity index (χ3v) is 1.94.